The lowest BCUT2D eigenvalue weighted by Gasteiger charge is -2.32. The van der Waals surface area contributed by atoms with Gasteiger partial charge in [-0.25, -0.2) is 0 Å². The highest BCUT2D eigenvalue weighted by Gasteiger charge is 2.46. The first-order valence-electron chi connectivity index (χ1n) is 7.37. The first kappa shape index (κ1) is 14.2. The average molecular weight is 267 g/mol. The number of rotatable bonds is 3. The van der Waals surface area contributed by atoms with E-state index in [0.717, 1.165) is 31.6 Å². The second-order valence-electron chi connectivity index (χ2n) is 6.20. The van der Waals surface area contributed by atoms with E-state index in [0.29, 0.717) is 12.8 Å². The zero-order valence-electron chi connectivity index (χ0n) is 11.7. The molecule has 2 aliphatic rings. The van der Waals surface area contributed by atoms with Gasteiger partial charge in [0, 0.05) is 6.04 Å². The van der Waals surface area contributed by atoms with Crippen molar-refractivity contribution in [3.8, 4) is 0 Å². The summed E-state index contributed by atoms with van der Waals surface area (Å²) in [5.74, 6) is 0.796. The Hall–Kier alpha value is -1.26. The Morgan fingerprint density at radius 3 is 2.37 bits per heavy atom. The largest absolute Gasteiger partial charge is 0.409 e. The molecule has 108 valence electrons. The molecule has 2 aliphatic carbocycles. The molecule has 0 aromatic carbocycles. The molecule has 0 heterocycles. The van der Waals surface area contributed by atoms with Crippen LogP contribution in [-0.2, 0) is 4.79 Å². The van der Waals surface area contributed by atoms with E-state index in [-0.39, 0.29) is 17.8 Å². The van der Waals surface area contributed by atoms with Crippen molar-refractivity contribution in [1.29, 1.82) is 0 Å². The molecule has 19 heavy (non-hydrogen) atoms. The Labute approximate surface area is 114 Å². The van der Waals surface area contributed by atoms with Crippen LogP contribution >= 0.6 is 0 Å². The molecule has 0 unspecified atom stereocenters. The van der Waals surface area contributed by atoms with Crippen molar-refractivity contribution in [2.45, 2.75) is 64.3 Å². The van der Waals surface area contributed by atoms with Crippen LogP contribution < -0.4 is 11.1 Å². The molecule has 0 aromatic heterocycles. The molecular formula is C14H25N3O2. The maximum absolute atomic E-state index is 12.5. The zero-order valence-corrected chi connectivity index (χ0v) is 11.7. The lowest BCUT2D eigenvalue weighted by atomic mass is 9.82. The smallest absolute Gasteiger partial charge is 0.234 e. The van der Waals surface area contributed by atoms with Gasteiger partial charge < -0.3 is 16.3 Å². The van der Waals surface area contributed by atoms with Crippen LogP contribution in [0.2, 0.25) is 0 Å². The molecule has 0 radical (unpaired) electrons. The fourth-order valence-corrected chi connectivity index (χ4v) is 3.40. The number of hydrogen-bond acceptors (Lipinski definition) is 3. The van der Waals surface area contributed by atoms with Gasteiger partial charge in [-0.3, -0.25) is 4.79 Å². The van der Waals surface area contributed by atoms with E-state index in [1.807, 2.05) is 0 Å². The number of nitrogens with two attached hydrogens (primary N) is 1. The SMILES string of the molecule is CC1CCC(NC(=O)C2(C(N)=NO)CCCC2)CC1. The molecule has 4 N–H and O–H groups in total. The fourth-order valence-electron chi connectivity index (χ4n) is 3.40. The second-order valence-corrected chi connectivity index (χ2v) is 6.20. The van der Waals surface area contributed by atoms with Gasteiger partial charge in [0.05, 0.1) is 0 Å². The predicted molar refractivity (Wildman–Crippen MR) is 73.9 cm³/mol. The summed E-state index contributed by atoms with van der Waals surface area (Å²) < 4.78 is 0. The minimum atomic E-state index is -0.766. The fraction of sp³-hybridized carbons (Fsp3) is 0.857. The number of carbonyl (C=O) groups is 1. The quantitative estimate of drug-likeness (QED) is 0.316. The topological polar surface area (TPSA) is 87.7 Å². The Morgan fingerprint density at radius 1 is 1.26 bits per heavy atom. The highest BCUT2D eigenvalue weighted by Crippen LogP contribution is 2.39. The van der Waals surface area contributed by atoms with Gasteiger partial charge in [0.1, 0.15) is 5.41 Å². The van der Waals surface area contributed by atoms with Gasteiger partial charge in [0.25, 0.3) is 0 Å². The van der Waals surface area contributed by atoms with Crippen LogP contribution in [0.5, 0.6) is 0 Å². The van der Waals surface area contributed by atoms with E-state index >= 15 is 0 Å². The Morgan fingerprint density at radius 2 is 1.84 bits per heavy atom. The lowest BCUT2D eigenvalue weighted by Crippen LogP contribution is -2.51. The van der Waals surface area contributed by atoms with Crippen LogP contribution in [-0.4, -0.2) is 23.0 Å². The number of carbonyl (C=O) groups excluding carboxylic acids is 1. The normalized spacial score (nSPS) is 31.1. The molecule has 2 saturated carbocycles. The molecule has 0 aliphatic heterocycles. The number of amidine groups is 1. The third-order valence-corrected chi connectivity index (χ3v) is 4.84. The zero-order chi connectivity index (χ0) is 13.9. The molecule has 0 atom stereocenters. The van der Waals surface area contributed by atoms with Crippen LogP contribution in [0.1, 0.15) is 58.3 Å². The molecule has 2 fully saturated rings. The van der Waals surface area contributed by atoms with Crippen molar-refractivity contribution in [1.82, 2.24) is 5.32 Å². The van der Waals surface area contributed by atoms with Gasteiger partial charge in [-0.2, -0.15) is 0 Å². The summed E-state index contributed by atoms with van der Waals surface area (Å²) in [7, 11) is 0. The summed E-state index contributed by atoms with van der Waals surface area (Å²) in [5.41, 5.74) is 5.01. The molecule has 2 rings (SSSR count). The third kappa shape index (κ3) is 2.85. The molecule has 5 heteroatoms. The molecule has 0 saturated heterocycles. The minimum Gasteiger partial charge on any atom is -0.409 e. The monoisotopic (exact) mass is 267 g/mol. The van der Waals surface area contributed by atoms with Crippen LogP contribution in [0.4, 0.5) is 0 Å². The number of amides is 1. The summed E-state index contributed by atoms with van der Waals surface area (Å²) in [6.07, 6.45) is 7.73. The van der Waals surface area contributed by atoms with Gasteiger partial charge in [-0.15, -0.1) is 0 Å². The molecule has 0 spiro atoms. The van der Waals surface area contributed by atoms with Gasteiger partial charge in [0.2, 0.25) is 5.91 Å². The Bertz CT molecular complexity index is 354. The van der Waals surface area contributed by atoms with Crippen molar-refractivity contribution in [3.63, 3.8) is 0 Å². The summed E-state index contributed by atoms with van der Waals surface area (Å²) in [5, 5.41) is 15.2. The van der Waals surface area contributed by atoms with Crippen molar-refractivity contribution < 1.29 is 10.0 Å². The number of nitrogens with one attached hydrogen (secondary N) is 1. The first-order chi connectivity index (χ1) is 9.08. The van der Waals surface area contributed by atoms with Crippen LogP contribution in [0.15, 0.2) is 5.16 Å². The van der Waals surface area contributed by atoms with Crippen LogP contribution in [0.3, 0.4) is 0 Å². The van der Waals surface area contributed by atoms with E-state index in [9.17, 15) is 4.79 Å². The molecule has 5 nitrogen and oxygen atoms in total. The molecular weight excluding hydrogens is 242 g/mol. The molecule has 0 bridgehead atoms. The minimum absolute atomic E-state index is 0.0418. The van der Waals surface area contributed by atoms with E-state index in [1.54, 1.807) is 0 Å². The third-order valence-electron chi connectivity index (χ3n) is 4.84. The van der Waals surface area contributed by atoms with Crippen LogP contribution in [0, 0.1) is 11.3 Å². The van der Waals surface area contributed by atoms with Crippen molar-refractivity contribution >= 4 is 11.7 Å². The summed E-state index contributed by atoms with van der Waals surface area (Å²) >= 11 is 0. The Balaban J connectivity index is 2.01. The van der Waals surface area contributed by atoms with Crippen LogP contribution in [0.25, 0.3) is 0 Å². The summed E-state index contributed by atoms with van der Waals surface area (Å²) in [4.78, 5) is 12.5. The Kier molecular flexibility index (Phi) is 4.32. The van der Waals surface area contributed by atoms with E-state index in [4.69, 9.17) is 10.9 Å². The standard InChI is InChI=1S/C14H25N3O2/c1-10-4-6-11(7-5-10)16-13(18)14(12(15)17-19)8-2-3-9-14/h10-11,19H,2-9H2,1H3,(H2,15,17)(H,16,18). The van der Waals surface area contributed by atoms with E-state index < -0.39 is 5.41 Å². The van der Waals surface area contributed by atoms with Gasteiger partial charge in [0.15, 0.2) is 5.84 Å². The lowest BCUT2D eigenvalue weighted by molar-refractivity contribution is -0.128. The maximum Gasteiger partial charge on any atom is 0.234 e. The second kappa shape index (κ2) is 5.80. The summed E-state index contributed by atoms with van der Waals surface area (Å²) in [6, 6.07) is 0.257. The van der Waals surface area contributed by atoms with Crippen molar-refractivity contribution in [3.05, 3.63) is 0 Å². The molecule has 1 amide bonds. The number of nitrogens with zero attached hydrogens (tertiary/aromatic N) is 1. The highest BCUT2D eigenvalue weighted by atomic mass is 16.4. The number of hydrogen-bond donors (Lipinski definition) is 3. The first-order valence-corrected chi connectivity index (χ1v) is 7.37. The van der Waals surface area contributed by atoms with Gasteiger partial charge in [-0.1, -0.05) is 24.9 Å². The highest BCUT2D eigenvalue weighted by molar-refractivity contribution is 6.07. The van der Waals surface area contributed by atoms with Gasteiger partial charge in [-0.05, 0) is 44.4 Å². The average Bonchev–Trinajstić information content (AvgIpc) is 2.91. The maximum atomic E-state index is 12.5. The number of oxime groups is 1. The van der Waals surface area contributed by atoms with Crippen molar-refractivity contribution in [2.24, 2.45) is 22.2 Å². The van der Waals surface area contributed by atoms with E-state index in [1.165, 1.54) is 12.8 Å². The summed E-state index contributed by atoms with van der Waals surface area (Å²) in [6.45, 7) is 2.26. The van der Waals surface area contributed by atoms with E-state index in [2.05, 4.69) is 17.4 Å². The predicted octanol–water partition coefficient (Wildman–Crippen LogP) is 1.99. The molecule has 0 aromatic rings. The van der Waals surface area contributed by atoms with Crippen molar-refractivity contribution in [2.75, 3.05) is 0 Å². The van der Waals surface area contributed by atoms with Gasteiger partial charge >= 0.3 is 0 Å².